The minimum absolute atomic E-state index is 0.110. The van der Waals surface area contributed by atoms with Gasteiger partial charge in [-0.1, -0.05) is 20.8 Å². The Labute approximate surface area is 187 Å². The Hall–Kier alpha value is -0.650. The van der Waals surface area contributed by atoms with E-state index in [9.17, 15) is 20.1 Å². The molecule has 4 saturated carbocycles. The second-order valence-corrected chi connectivity index (χ2v) is 11.8. The van der Waals surface area contributed by atoms with Gasteiger partial charge in [0, 0.05) is 6.42 Å². The molecule has 0 spiro atoms. The van der Waals surface area contributed by atoms with Crippen LogP contribution in [0.4, 0.5) is 0 Å². The summed E-state index contributed by atoms with van der Waals surface area (Å²) in [4.78, 5) is 11.9. The zero-order valence-corrected chi connectivity index (χ0v) is 19.9. The van der Waals surface area contributed by atoms with Crippen LogP contribution in [0.3, 0.4) is 0 Å². The van der Waals surface area contributed by atoms with Gasteiger partial charge in [-0.2, -0.15) is 0 Å². The Kier molecular flexibility index (Phi) is 6.53. The molecule has 0 aromatic carbocycles. The highest BCUT2D eigenvalue weighted by Crippen LogP contribution is 2.68. The van der Waals surface area contributed by atoms with E-state index in [1.165, 1.54) is 0 Å². The van der Waals surface area contributed by atoms with Crippen LogP contribution >= 0.6 is 0 Å². The minimum Gasteiger partial charge on any atom is -0.466 e. The van der Waals surface area contributed by atoms with Crippen LogP contribution < -0.4 is 0 Å². The molecule has 3 N–H and O–H groups in total. The van der Waals surface area contributed by atoms with Crippen LogP contribution in [0, 0.1) is 46.3 Å². The van der Waals surface area contributed by atoms with Crippen LogP contribution in [0.1, 0.15) is 85.5 Å². The van der Waals surface area contributed by atoms with Crippen LogP contribution in [-0.4, -0.2) is 46.2 Å². The van der Waals surface area contributed by atoms with E-state index in [1.54, 1.807) is 0 Å². The molecule has 4 rings (SSSR count). The van der Waals surface area contributed by atoms with E-state index in [1.807, 2.05) is 6.92 Å². The zero-order valence-electron chi connectivity index (χ0n) is 19.9. The van der Waals surface area contributed by atoms with Crippen molar-refractivity contribution in [3.05, 3.63) is 0 Å². The molecule has 0 radical (unpaired) electrons. The summed E-state index contributed by atoms with van der Waals surface area (Å²) >= 11 is 0. The average Bonchev–Trinajstić information content (AvgIpc) is 3.07. The Balaban J connectivity index is 1.54. The first-order chi connectivity index (χ1) is 14.6. The van der Waals surface area contributed by atoms with E-state index in [0.717, 1.165) is 51.4 Å². The molecule has 5 heteroatoms. The molecule has 31 heavy (non-hydrogen) atoms. The highest BCUT2D eigenvalue weighted by atomic mass is 16.5. The van der Waals surface area contributed by atoms with Gasteiger partial charge in [0.1, 0.15) is 0 Å². The molecule has 4 aliphatic carbocycles. The molecular formula is C26H44O5. The highest BCUT2D eigenvalue weighted by Gasteiger charge is 2.65. The number of fused-ring (bicyclic) bond motifs is 5. The van der Waals surface area contributed by atoms with Crippen molar-refractivity contribution in [2.45, 2.75) is 104 Å². The van der Waals surface area contributed by atoms with Crippen molar-refractivity contribution < 1.29 is 24.9 Å². The maximum atomic E-state index is 11.9. The number of esters is 1. The number of hydrogen-bond acceptors (Lipinski definition) is 5. The van der Waals surface area contributed by atoms with Gasteiger partial charge in [0.05, 0.1) is 24.9 Å². The molecule has 0 saturated heterocycles. The SMILES string of the molecule is CCOC(=O)CC[C@H](C)[C@@H]1CC[C@@H]2[C@H]3[C@H](O)C[C@H]4C[C@H](O)CC[C@@]4(C)[C@H]3C[C@H](O)[C@@]21C. The molecule has 0 aromatic rings. The molecule has 0 heterocycles. The van der Waals surface area contributed by atoms with E-state index in [-0.39, 0.29) is 41.0 Å². The van der Waals surface area contributed by atoms with Crippen molar-refractivity contribution in [1.82, 2.24) is 0 Å². The van der Waals surface area contributed by atoms with Gasteiger partial charge in [0.2, 0.25) is 0 Å². The van der Waals surface area contributed by atoms with Crippen molar-refractivity contribution in [1.29, 1.82) is 0 Å². The molecule has 0 aliphatic heterocycles. The first-order valence-corrected chi connectivity index (χ1v) is 12.8. The second-order valence-electron chi connectivity index (χ2n) is 11.8. The molecule has 4 aliphatic rings. The Morgan fingerprint density at radius 2 is 1.81 bits per heavy atom. The monoisotopic (exact) mass is 436 g/mol. The van der Waals surface area contributed by atoms with Crippen molar-refractivity contribution in [3.63, 3.8) is 0 Å². The quantitative estimate of drug-likeness (QED) is 0.569. The Morgan fingerprint density at radius 1 is 1.06 bits per heavy atom. The van der Waals surface area contributed by atoms with Gasteiger partial charge >= 0.3 is 5.97 Å². The summed E-state index contributed by atoms with van der Waals surface area (Å²) in [6.07, 6.45) is 6.62. The number of aliphatic hydroxyl groups is 3. The molecule has 0 bridgehead atoms. The lowest BCUT2D eigenvalue weighted by atomic mass is 9.43. The summed E-state index contributed by atoms with van der Waals surface area (Å²) in [6.45, 7) is 9.13. The number of ether oxygens (including phenoxy) is 1. The Bertz CT molecular complexity index is 666. The molecule has 0 aromatic heterocycles. The van der Waals surface area contributed by atoms with Gasteiger partial charge in [0.25, 0.3) is 0 Å². The second kappa shape index (κ2) is 8.61. The van der Waals surface area contributed by atoms with Crippen molar-refractivity contribution in [2.75, 3.05) is 6.61 Å². The van der Waals surface area contributed by atoms with Gasteiger partial charge in [0.15, 0.2) is 0 Å². The van der Waals surface area contributed by atoms with E-state index in [2.05, 4.69) is 20.8 Å². The lowest BCUT2D eigenvalue weighted by Gasteiger charge is -2.63. The molecule has 0 amide bonds. The predicted octanol–water partition coefficient (Wildman–Crippen LogP) is 3.93. The van der Waals surface area contributed by atoms with Crippen molar-refractivity contribution in [3.8, 4) is 0 Å². The third kappa shape index (κ3) is 3.77. The third-order valence-corrected chi connectivity index (χ3v) is 10.6. The van der Waals surface area contributed by atoms with E-state index < -0.39 is 0 Å². The average molecular weight is 437 g/mol. The summed E-state index contributed by atoms with van der Waals surface area (Å²) in [5.74, 6) is 1.84. The summed E-state index contributed by atoms with van der Waals surface area (Å²) in [5, 5.41) is 33.1. The lowest BCUT2D eigenvalue weighted by molar-refractivity contribution is -0.207. The first kappa shape index (κ1) is 23.5. The summed E-state index contributed by atoms with van der Waals surface area (Å²) in [7, 11) is 0. The van der Waals surface area contributed by atoms with Crippen LogP contribution in [0.2, 0.25) is 0 Å². The zero-order chi connectivity index (χ0) is 22.6. The lowest BCUT2D eigenvalue weighted by Crippen LogP contribution is -2.62. The van der Waals surface area contributed by atoms with Crippen molar-refractivity contribution in [2.24, 2.45) is 46.3 Å². The highest BCUT2D eigenvalue weighted by molar-refractivity contribution is 5.69. The van der Waals surface area contributed by atoms with Crippen LogP contribution in [-0.2, 0) is 9.53 Å². The fourth-order valence-corrected chi connectivity index (χ4v) is 8.91. The number of carbonyl (C=O) groups excluding carboxylic acids is 1. The fraction of sp³-hybridized carbons (Fsp3) is 0.962. The fourth-order valence-electron chi connectivity index (χ4n) is 8.91. The summed E-state index contributed by atoms with van der Waals surface area (Å²) in [5.41, 5.74) is -0.0906. The van der Waals surface area contributed by atoms with E-state index in [4.69, 9.17) is 4.74 Å². The smallest absolute Gasteiger partial charge is 0.305 e. The number of hydrogen-bond donors (Lipinski definition) is 3. The number of rotatable bonds is 5. The summed E-state index contributed by atoms with van der Waals surface area (Å²) in [6, 6.07) is 0. The van der Waals surface area contributed by atoms with Gasteiger partial charge < -0.3 is 20.1 Å². The first-order valence-electron chi connectivity index (χ1n) is 12.8. The maximum Gasteiger partial charge on any atom is 0.305 e. The molecular weight excluding hydrogens is 392 g/mol. The van der Waals surface area contributed by atoms with Crippen LogP contribution in [0.15, 0.2) is 0 Å². The van der Waals surface area contributed by atoms with Gasteiger partial charge in [-0.15, -0.1) is 0 Å². The third-order valence-electron chi connectivity index (χ3n) is 10.6. The van der Waals surface area contributed by atoms with E-state index in [0.29, 0.717) is 42.6 Å². The summed E-state index contributed by atoms with van der Waals surface area (Å²) < 4.78 is 5.12. The van der Waals surface area contributed by atoms with Crippen LogP contribution in [0.25, 0.3) is 0 Å². The normalized spacial score (nSPS) is 50.2. The van der Waals surface area contributed by atoms with Crippen LogP contribution in [0.5, 0.6) is 0 Å². The molecule has 4 fully saturated rings. The standard InChI is InChI=1S/C26H44O5/c1-5-31-23(30)9-6-15(2)18-7-8-19-24-20(14-22(29)26(18,19)4)25(3)11-10-17(27)12-16(25)13-21(24)28/h15-22,24,27-29H,5-14H2,1-4H3/t15-,16+,17+,18-,19+,20-,21+,22-,24+,25+,26+/m0/s1. The molecule has 11 atom stereocenters. The largest absolute Gasteiger partial charge is 0.466 e. The molecule has 178 valence electrons. The number of aliphatic hydroxyl groups excluding tert-OH is 3. The topological polar surface area (TPSA) is 87.0 Å². The van der Waals surface area contributed by atoms with Gasteiger partial charge in [-0.05, 0) is 105 Å². The van der Waals surface area contributed by atoms with Crippen molar-refractivity contribution >= 4 is 5.97 Å². The van der Waals surface area contributed by atoms with Gasteiger partial charge in [-0.3, -0.25) is 4.79 Å². The molecule has 5 nitrogen and oxygen atoms in total. The minimum atomic E-state index is -0.370. The molecule has 0 unspecified atom stereocenters. The van der Waals surface area contributed by atoms with E-state index >= 15 is 0 Å². The predicted molar refractivity (Wildman–Crippen MR) is 119 cm³/mol. The maximum absolute atomic E-state index is 11.9. The number of carbonyl (C=O) groups is 1. The van der Waals surface area contributed by atoms with Gasteiger partial charge in [-0.25, -0.2) is 0 Å². The Morgan fingerprint density at radius 3 is 2.52 bits per heavy atom.